The van der Waals surface area contributed by atoms with Gasteiger partial charge in [0, 0.05) is 26.1 Å². The Labute approximate surface area is 129 Å². The van der Waals surface area contributed by atoms with E-state index in [1.165, 1.54) is 19.3 Å². The number of amides is 1. The lowest BCUT2D eigenvalue weighted by Gasteiger charge is -2.30. The molecule has 2 atom stereocenters. The molecule has 2 saturated heterocycles. The van der Waals surface area contributed by atoms with Gasteiger partial charge in [-0.3, -0.25) is 4.79 Å². The molecule has 0 radical (unpaired) electrons. The van der Waals surface area contributed by atoms with Crippen LogP contribution in [0.4, 0.5) is 0 Å². The first-order chi connectivity index (χ1) is 9.86. The molecule has 1 amide bonds. The van der Waals surface area contributed by atoms with E-state index in [2.05, 4.69) is 25.7 Å². The van der Waals surface area contributed by atoms with Crippen molar-refractivity contribution in [3.8, 4) is 0 Å². The monoisotopic (exact) mass is 296 g/mol. The summed E-state index contributed by atoms with van der Waals surface area (Å²) in [5.74, 6) is 0.984. The van der Waals surface area contributed by atoms with Crippen LogP contribution in [0.25, 0.3) is 0 Å². The highest BCUT2D eigenvalue weighted by atomic mass is 16.3. The quantitative estimate of drug-likeness (QED) is 0.864. The first-order valence-corrected chi connectivity index (χ1v) is 8.54. The minimum absolute atomic E-state index is 0.206. The van der Waals surface area contributed by atoms with Gasteiger partial charge in [-0.2, -0.15) is 0 Å². The summed E-state index contributed by atoms with van der Waals surface area (Å²) in [6, 6.07) is 0. The van der Waals surface area contributed by atoms with Crippen molar-refractivity contribution in [2.45, 2.75) is 59.0 Å². The third kappa shape index (κ3) is 4.96. The van der Waals surface area contributed by atoms with Gasteiger partial charge in [0.1, 0.15) is 0 Å². The van der Waals surface area contributed by atoms with Gasteiger partial charge in [0.15, 0.2) is 0 Å². The van der Waals surface area contributed by atoms with Crippen LogP contribution >= 0.6 is 0 Å². The average molecular weight is 296 g/mol. The molecule has 21 heavy (non-hydrogen) atoms. The van der Waals surface area contributed by atoms with Crippen LogP contribution in [0.1, 0.15) is 52.9 Å². The molecule has 0 aliphatic carbocycles. The number of hydrogen-bond donors (Lipinski definition) is 1. The van der Waals surface area contributed by atoms with Gasteiger partial charge in [-0.15, -0.1) is 0 Å². The Balaban J connectivity index is 1.76. The van der Waals surface area contributed by atoms with E-state index in [1.54, 1.807) is 0 Å². The van der Waals surface area contributed by atoms with E-state index in [4.69, 9.17) is 0 Å². The summed E-state index contributed by atoms with van der Waals surface area (Å²) in [6.45, 7) is 11.2. The van der Waals surface area contributed by atoms with Crippen LogP contribution < -0.4 is 0 Å². The topological polar surface area (TPSA) is 43.8 Å². The van der Waals surface area contributed by atoms with Crippen molar-refractivity contribution in [1.82, 2.24) is 9.80 Å². The van der Waals surface area contributed by atoms with Crippen molar-refractivity contribution in [3.05, 3.63) is 0 Å². The van der Waals surface area contributed by atoms with Crippen molar-refractivity contribution in [3.63, 3.8) is 0 Å². The Hall–Kier alpha value is -0.610. The first-order valence-electron chi connectivity index (χ1n) is 8.54. The Bertz CT molecular complexity index is 351. The van der Waals surface area contributed by atoms with Gasteiger partial charge in [0.25, 0.3) is 0 Å². The van der Waals surface area contributed by atoms with Crippen LogP contribution in [-0.2, 0) is 4.79 Å². The molecule has 0 bridgehead atoms. The molecule has 0 aromatic heterocycles. The van der Waals surface area contributed by atoms with Gasteiger partial charge in [-0.25, -0.2) is 0 Å². The molecule has 4 nitrogen and oxygen atoms in total. The minimum Gasteiger partial charge on any atom is -0.390 e. The first kappa shape index (κ1) is 16.8. The zero-order valence-electron chi connectivity index (χ0n) is 14.0. The standard InChI is InChI=1S/C17H32N2O2/c1-17(2,3)14-6-4-9-18(11-8-14)12-15(20)13-19-10-5-7-16(19)21/h14-15,20H,4-13H2,1-3H3. The predicted octanol–water partition coefficient (Wildman–Crippen LogP) is 2.12. The summed E-state index contributed by atoms with van der Waals surface area (Å²) >= 11 is 0. The Morgan fingerprint density at radius 2 is 1.90 bits per heavy atom. The highest BCUT2D eigenvalue weighted by Crippen LogP contribution is 2.34. The lowest BCUT2D eigenvalue weighted by molar-refractivity contribution is -0.129. The largest absolute Gasteiger partial charge is 0.390 e. The maximum Gasteiger partial charge on any atom is 0.222 e. The molecule has 2 fully saturated rings. The number of hydrogen-bond acceptors (Lipinski definition) is 3. The normalized spacial score (nSPS) is 27.0. The number of aliphatic hydroxyl groups is 1. The van der Waals surface area contributed by atoms with Crippen molar-refractivity contribution >= 4 is 5.91 Å². The molecule has 2 rings (SSSR count). The van der Waals surface area contributed by atoms with Gasteiger partial charge in [-0.1, -0.05) is 20.8 Å². The van der Waals surface area contributed by atoms with Gasteiger partial charge in [-0.05, 0) is 50.1 Å². The predicted molar refractivity (Wildman–Crippen MR) is 85.1 cm³/mol. The van der Waals surface area contributed by atoms with Gasteiger partial charge in [0.05, 0.1) is 6.10 Å². The fourth-order valence-corrected chi connectivity index (χ4v) is 3.71. The van der Waals surface area contributed by atoms with E-state index in [1.807, 2.05) is 4.90 Å². The number of carbonyl (C=O) groups excluding carboxylic acids is 1. The molecule has 122 valence electrons. The molecule has 0 aromatic carbocycles. The molecule has 2 aliphatic rings. The summed E-state index contributed by atoms with van der Waals surface area (Å²) in [5.41, 5.74) is 0.386. The second kappa shape index (κ2) is 7.10. The Morgan fingerprint density at radius 1 is 1.14 bits per heavy atom. The second-order valence-corrected chi connectivity index (χ2v) is 7.89. The van der Waals surface area contributed by atoms with Crippen LogP contribution in [0, 0.1) is 11.3 Å². The summed E-state index contributed by atoms with van der Waals surface area (Å²) in [4.78, 5) is 15.8. The van der Waals surface area contributed by atoms with E-state index >= 15 is 0 Å². The van der Waals surface area contributed by atoms with E-state index < -0.39 is 6.10 Å². The summed E-state index contributed by atoms with van der Waals surface area (Å²) in [5, 5.41) is 10.3. The van der Waals surface area contributed by atoms with E-state index in [-0.39, 0.29) is 5.91 Å². The Morgan fingerprint density at radius 3 is 2.52 bits per heavy atom. The fraction of sp³-hybridized carbons (Fsp3) is 0.941. The molecule has 0 spiro atoms. The highest BCUT2D eigenvalue weighted by Gasteiger charge is 2.28. The lowest BCUT2D eigenvalue weighted by atomic mass is 9.77. The van der Waals surface area contributed by atoms with E-state index in [0.29, 0.717) is 24.9 Å². The number of aliphatic hydroxyl groups excluding tert-OH is 1. The molecule has 1 N–H and O–H groups in total. The minimum atomic E-state index is -0.404. The van der Waals surface area contributed by atoms with Crippen molar-refractivity contribution < 1.29 is 9.90 Å². The number of rotatable bonds is 4. The molecule has 2 aliphatic heterocycles. The van der Waals surface area contributed by atoms with Crippen molar-refractivity contribution in [2.75, 3.05) is 32.7 Å². The average Bonchev–Trinajstić information content (AvgIpc) is 2.64. The van der Waals surface area contributed by atoms with Crippen molar-refractivity contribution in [2.24, 2.45) is 11.3 Å². The molecular formula is C17H32N2O2. The van der Waals surface area contributed by atoms with E-state index in [9.17, 15) is 9.90 Å². The maximum atomic E-state index is 11.6. The van der Waals surface area contributed by atoms with Gasteiger partial charge in [0.2, 0.25) is 5.91 Å². The molecule has 2 unspecified atom stereocenters. The maximum absolute atomic E-state index is 11.6. The molecule has 4 heteroatoms. The zero-order valence-corrected chi connectivity index (χ0v) is 14.0. The van der Waals surface area contributed by atoms with Crippen LogP contribution in [0.3, 0.4) is 0 Å². The number of β-amino-alcohol motifs (C(OH)–C–C–N with tert-alkyl or cyclic N) is 1. The number of carbonyl (C=O) groups is 1. The Kier molecular flexibility index (Phi) is 5.67. The van der Waals surface area contributed by atoms with Crippen molar-refractivity contribution in [1.29, 1.82) is 0 Å². The zero-order chi connectivity index (χ0) is 15.5. The van der Waals surface area contributed by atoms with Crippen LogP contribution in [0.15, 0.2) is 0 Å². The molecule has 0 saturated carbocycles. The smallest absolute Gasteiger partial charge is 0.222 e. The SMILES string of the molecule is CC(C)(C)C1CCCN(CC(O)CN2CCCC2=O)CC1. The third-order valence-corrected chi connectivity index (χ3v) is 5.12. The number of likely N-dealkylation sites (tertiary alicyclic amines) is 2. The summed E-state index contributed by atoms with van der Waals surface area (Å²) < 4.78 is 0. The van der Waals surface area contributed by atoms with Gasteiger partial charge < -0.3 is 14.9 Å². The summed E-state index contributed by atoms with van der Waals surface area (Å²) in [6.07, 6.45) is 4.93. The second-order valence-electron chi connectivity index (χ2n) is 7.89. The lowest BCUT2D eigenvalue weighted by Crippen LogP contribution is -2.41. The molecule has 2 heterocycles. The third-order valence-electron chi connectivity index (χ3n) is 5.12. The number of nitrogens with zero attached hydrogens (tertiary/aromatic N) is 2. The molecular weight excluding hydrogens is 264 g/mol. The van der Waals surface area contributed by atoms with Gasteiger partial charge >= 0.3 is 0 Å². The van der Waals surface area contributed by atoms with Crippen LogP contribution in [0.5, 0.6) is 0 Å². The van der Waals surface area contributed by atoms with Crippen LogP contribution in [0.2, 0.25) is 0 Å². The van der Waals surface area contributed by atoms with E-state index in [0.717, 1.165) is 32.0 Å². The fourth-order valence-electron chi connectivity index (χ4n) is 3.71. The molecule has 0 aromatic rings. The highest BCUT2D eigenvalue weighted by molar-refractivity contribution is 5.78. The van der Waals surface area contributed by atoms with Crippen LogP contribution in [-0.4, -0.2) is 59.6 Å². The summed E-state index contributed by atoms with van der Waals surface area (Å²) in [7, 11) is 0.